The smallest absolute Gasteiger partial charge is 0.255 e. The number of rotatable bonds is 6. The molecule has 0 aliphatic heterocycles. The Morgan fingerprint density at radius 2 is 2.47 bits per heavy atom. The fourth-order valence-electron chi connectivity index (χ4n) is 0.970. The van der Waals surface area contributed by atoms with E-state index in [2.05, 4.69) is 21.9 Å². The van der Waals surface area contributed by atoms with Gasteiger partial charge in [-0.1, -0.05) is 6.08 Å². The monoisotopic (exact) mass is 211 g/mol. The van der Waals surface area contributed by atoms with E-state index >= 15 is 0 Å². The van der Waals surface area contributed by atoms with Crippen LogP contribution >= 0.6 is 0 Å². The molecule has 0 amide bonds. The molecule has 82 valence electrons. The lowest BCUT2D eigenvalue weighted by molar-refractivity contribution is 0.283. The van der Waals surface area contributed by atoms with Gasteiger partial charge in [0.25, 0.3) is 5.88 Å². The summed E-state index contributed by atoms with van der Waals surface area (Å²) in [5, 5.41) is 2.71. The molecule has 0 atom stereocenters. The highest BCUT2D eigenvalue weighted by molar-refractivity contribution is 5.27. The number of hydrogen-bond acceptors (Lipinski definition) is 4. The van der Waals surface area contributed by atoms with E-state index in [-0.39, 0.29) is 5.88 Å². The van der Waals surface area contributed by atoms with Crippen molar-refractivity contribution in [1.29, 1.82) is 0 Å². The Labute approximate surface area is 88.2 Å². The highest BCUT2D eigenvalue weighted by Crippen LogP contribution is 2.14. The molecule has 1 rings (SSSR count). The summed E-state index contributed by atoms with van der Waals surface area (Å²) in [6.45, 7) is 4.00. The quantitative estimate of drug-likeness (QED) is 0.577. The third-order valence-electron chi connectivity index (χ3n) is 1.73. The van der Waals surface area contributed by atoms with Crippen LogP contribution in [0, 0.1) is 5.82 Å². The van der Waals surface area contributed by atoms with Crippen LogP contribution in [0.3, 0.4) is 0 Å². The number of nitrogens with zero attached hydrogens (tertiary/aromatic N) is 2. The summed E-state index contributed by atoms with van der Waals surface area (Å²) in [7, 11) is 1.66. The lowest BCUT2D eigenvalue weighted by Gasteiger charge is -2.06. The zero-order valence-corrected chi connectivity index (χ0v) is 8.66. The number of ether oxygens (including phenoxy) is 1. The van der Waals surface area contributed by atoms with Gasteiger partial charge in [-0.25, -0.2) is 4.98 Å². The zero-order chi connectivity index (χ0) is 11.1. The van der Waals surface area contributed by atoms with E-state index in [4.69, 9.17) is 4.74 Å². The number of aromatic nitrogens is 2. The summed E-state index contributed by atoms with van der Waals surface area (Å²) >= 11 is 0. The molecule has 5 heteroatoms. The lowest BCUT2D eigenvalue weighted by Crippen LogP contribution is -2.04. The first-order valence-corrected chi connectivity index (χ1v) is 4.72. The van der Waals surface area contributed by atoms with Crippen molar-refractivity contribution in [1.82, 2.24) is 9.97 Å². The molecule has 0 radical (unpaired) electrons. The Hall–Kier alpha value is -1.65. The summed E-state index contributed by atoms with van der Waals surface area (Å²) in [4.78, 5) is 7.55. The van der Waals surface area contributed by atoms with Crippen molar-refractivity contribution >= 4 is 5.95 Å². The maximum absolute atomic E-state index is 13.1. The van der Waals surface area contributed by atoms with Crippen LogP contribution in [-0.2, 0) is 0 Å². The molecule has 1 aromatic rings. The maximum Gasteiger partial charge on any atom is 0.255 e. The van der Waals surface area contributed by atoms with Gasteiger partial charge in [0, 0.05) is 7.05 Å². The predicted octanol–water partition coefficient (Wildman–Crippen LogP) is 2.00. The van der Waals surface area contributed by atoms with Crippen LogP contribution in [0.1, 0.15) is 12.8 Å². The summed E-state index contributed by atoms with van der Waals surface area (Å²) in [5.74, 6) is -0.221. The highest BCUT2D eigenvalue weighted by atomic mass is 19.1. The molecule has 1 aromatic heterocycles. The third kappa shape index (κ3) is 3.53. The van der Waals surface area contributed by atoms with Crippen LogP contribution in [0.2, 0.25) is 0 Å². The van der Waals surface area contributed by atoms with Crippen LogP contribution in [0.15, 0.2) is 18.9 Å². The van der Waals surface area contributed by atoms with E-state index in [9.17, 15) is 4.39 Å². The minimum absolute atomic E-state index is 0.0154. The average Bonchev–Trinajstić information content (AvgIpc) is 2.26. The van der Waals surface area contributed by atoms with E-state index in [1.165, 1.54) is 0 Å². The summed E-state index contributed by atoms with van der Waals surface area (Å²) in [6, 6.07) is 0. The molecule has 15 heavy (non-hydrogen) atoms. The van der Waals surface area contributed by atoms with E-state index in [0.29, 0.717) is 12.6 Å². The molecule has 0 aliphatic rings. The van der Waals surface area contributed by atoms with E-state index in [0.717, 1.165) is 19.0 Å². The van der Waals surface area contributed by atoms with Crippen molar-refractivity contribution in [3.05, 3.63) is 24.7 Å². The molecule has 1 N–H and O–H groups in total. The number of anilines is 1. The van der Waals surface area contributed by atoms with Crippen LogP contribution < -0.4 is 10.1 Å². The fourth-order valence-corrected chi connectivity index (χ4v) is 0.970. The molecule has 0 saturated heterocycles. The maximum atomic E-state index is 13.1. The van der Waals surface area contributed by atoms with Crippen LogP contribution in [-0.4, -0.2) is 23.6 Å². The van der Waals surface area contributed by atoms with Crippen molar-refractivity contribution in [2.24, 2.45) is 0 Å². The number of unbranched alkanes of at least 4 members (excludes halogenated alkanes) is 1. The summed E-state index contributed by atoms with van der Waals surface area (Å²) in [6.07, 6.45) is 4.51. The standard InChI is InChI=1S/C10H14FN3O/c1-3-4-5-6-15-9-8(11)7-13-10(12-2)14-9/h3,7H,1,4-6H2,2H3,(H,12,13,14). The Bertz CT molecular complexity index is 330. The first-order valence-electron chi connectivity index (χ1n) is 4.72. The third-order valence-corrected chi connectivity index (χ3v) is 1.73. The summed E-state index contributed by atoms with van der Waals surface area (Å²) < 4.78 is 18.3. The molecule has 0 unspecified atom stereocenters. The SMILES string of the molecule is C=CCCCOc1nc(NC)ncc1F. The van der Waals surface area contributed by atoms with Gasteiger partial charge in [-0.3, -0.25) is 0 Å². The largest absolute Gasteiger partial charge is 0.475 e. The lowest BCUT2D eigenvalue weighted by atomic mass is 10.3. The fraction of sp³-hybridized carbons (Fsp3) is 0.400. The van der Waals surface area contributed by atoms with Gasteiger partial charge in [0.05, 0.1) is 12.8 Å². The Balaban J connectivity index is 2.54. The molecule has 0 fully saturated rings. The van der Waals surface area contributed by atoms with Crippen LogP contribution in [0.25, 0.3) is 0 Å². The van der Waals surface area contributed by atoms with Gasteiger partial charge in [0.2, 0.25) is 11.8 Å². The van der Waals surface area contributed by atoms with Crippen molar-refractivity contribution in [2.45, 2.75) is 12.8 Å². The van der Waals surface area contributed by atoms with E-state index in [1.54, 1.807) is 13.1 Å². The molecule has 0 saturated carbocycles. The number of nitrogens with one attached hydrogen (secondary N) is 1. The molecular formula is C10H14FN3O. The minimum Gasteiger partial charge on any atom is -0.475 e. The van der Waals surface area contributed by atoms with Gasteiger partial charge in [-0.05, 0) is 12.8 Å². The van der Waals surface area contributed by atoms with Gasteiger partial charge in [0.15, 0.2) is 0 Å². The molecule has 0 aliphatic carbocycles. The minimum atomic E-state index is -0.549. The second kappa shape index (κ2) is 5.95. The van der Waals surface area contributed by atoms with Crippen molar-refractivity contribution in [3.63, 3.8) is 0 Å². The second-order valence-electron chi connectivity index (χ2n) is 2.88. The summed E-state index contributed by atoms with van der Waals surface area (Å²) in [5.41, 5.74) is 0. The Morgan fingerprint density at radius 1 is 1.67 bits per heavy atom. The van der Waals surface area contributed by atoms with Gasteiger partial charge < -0.3 is 10.1 Å². The first-order chi connectivity index (χ1) is 7.27. The van der Waals surface area contributed by atoms with Crippen LogP contribution in [0.5, 0.6) is 5.88 Å². The number of allylic oxidation sites excluding steroid dienone is 1. The Morgan fingerprint density at radius 3 is 3.13 bits per heavy atom. The second-order valence-corrected chi connectivity index (χ2v) is 2.88. The van der Waals surface area contributed by atoms with Crippen LogP contribution in [0.4, 0.5) is 10.3 Å². The van der Waals surface area contributed by atoms with Gasteiger partial charge in [0.1, 0.15) is 0 Å². The van der Waals surface area contributed by atoms with Crippen molar-refractivity contribution in [3.8, 4) is 5.88 Å². The molecule has 0 spiro atoms. The number of halogens is 1. The zero-order valence-electron chi connectivity index (χ0n) is 8.66. The molecular weight excluding hydrogens is 197 g/mol. The van der Waals surface area contributed by atoms with E-state index < -0.39 is 5.82 Å². The molecule has 0 bridgehead atoms. The number of hydrogen-bond donors (Lipinski definition) is 1. The van der Waals surface area contributed by atoms with Crippen molar-refractivity contribution in [2.75, 3.05) is 19.0 Å². The molecule has 1 heterocycles. The normalized spacial score (nSPS) is 9.73. The average molecular weight is 211 g/mol. The van der Waals surface area contributed by atoms with E-state index in [1.807, 2.05) is 0 Å². The predicted molar refractivity (Wildman–Crippen MR) is 56.5 cm³/mol. The molecule has 4 nitrogen and oxygen atoms in total. The topological polar surface area (TPSA) is 47.0 Å². The van der Waals surface area contributed by atoms with Gasteiger partial charge in [-0.2, -0.15) is 9.37 Å². The van der Waals surface area contributed by atoms with Gasteiger partial charge in [-0.15, -0.1) is 6.58 Å². The Kier molecular flexibility index (Phi) is 4.53. The molecule has 0 aromatic carbocycles. The highest BCUT2D eigenvalue weighted by Gasteiger charge is 2.06. The first kappa shape index (κ1) is 11.4. The van der Waals surface area contributed by atoms with Crippen molar-refractivity contribution < 1.29 is 9.13 Å². The van der Waals surface area contributed by atoms with Gasteiger partial charge >= 0.3 is 0 Å².